The van der Waals surface area contributed by atoms with Gasteiger partial charge in [0.15, 0.2) is 6.10 Å². The summed E-state index contributed by atoms with van der Waals surface area (Å²) in [5, 5.41) is 0. The van der Waals surface area contributed by atoms with Gasteiger partial charge in [0.05, 0.1) is 12.2 Å². The lowest BCUT2D eigenvalue weighted by Crippen LogP contribution is -2.28. The van der Waals surface area contributed by atoms with Crippen LogP contribution in [0, 0.1) is 0 Å². The molecule has 1 heterocycles. The van der Waals surface area contributed by atoms with E-state index in [-0.39, 0.29) is 18.2 Å². The molecule has 0 spiro atoms. The topological polar surface area (TPSA) is 61.5 Å². The van der Waals surface area contributed by atoms with Gasteiger partial charge in [0.2, 0.25) is 0 Å². The SMILES string of the molecule is CC(C)OC(=O)C1CCC(CN)O1. The van der Waals surface area contributed by atoms with Crippen LogP contribution in [0.15, 0.2) is 0 Å². The predicted octanol–water partition coefficient (Wildman–Crippen LogP) is 0.444. The average molecular weight is 187 g/mol. The van der Waals surface area contributed by atoms with Crippen molar-refractivity contribution in [3.8, 4) is 0 Å². The molecule has 0 bridgehead atoms. The molecule has 4 heteroatoms. The number of ether oxygens (including phenoxy) is 2. The smallest absolute Gasteiger partial charge is 0.335 e. The van der Waals surface area contributed by atoms with Gasteiger partial charge in [-0.2, -0.15) is 0 Å². The number of hydrogen-bond donors (Lipinski definition) is 1. The molecular formula is C9H17NO3. The molecule has 2 unspecified atom stereocenters. The second kappa shape index (κ2) is 4.58. The first kappa shape index (κ1) is 10.5. The van der Waals surface area contributed by atoms with Crippen LogP contribution in [0.2, 0.25) is 0 Å². The van der Waals surface area contributed by atoms with Crippen molar-refractivity contribution >= 4 is 5.97 Å². The fourth-order valence-corrected chi connectivity index (χ4v) is 1.36. The fourth-order valence-electron chi connectivity index (χ4n) is 1.36. The van der Waals surface area contributed by atoms with Gasteiger partial charge in [-0.15, -0.1) is 0 Å². The molecular weight excluding hydrogens is 170 g/mol. The Hall–Kier alpha value is -0.610. The Morgan fingerprint density at radius 1 is 1.62 bits per heavy atom. The van der Waals surface area contributed by atoms with E-state index in [1.54, 1.807) is 0 Å². The van der Waals surface area contributed by atoms with E-state index in [0.29, 0.717) is 6.54 Å². The van der Waals surface area contributed by atoms with Gasteiger partial charge in [-0.3, -0.25) is 0 Å². The van der Waals surface area contributed by atoms with Crippen molar-refractivity contribution in [2.24, 2.45) is 5.73 Å². The van der Waals surface area contributed by atoms with Gasteiger partial charge in [0, 0.05) is 6.54 Å². The number of esters is 1. The first-order valence-corrected chi connectivity index (χ1v) is 4.69. The van der Waals surface area contributed by atoms with Crippen molar-refractivity contribution in [2.75, 3.05) is 6.54 Å². The Morgan fingerprint density at radius 3 is 2.77 bits per heavy atom. The number of hydrogen-bond acceptors (Lipinski definition) is 4. The summed E-state index contributed by atoms with van der Waals surface area (Å²) in [7, 11) is 0. The maximum absolute atomic E-state index is 11.3. The first-order chi connectivity index (χ1) is 6.13. The molecule has 13 heavy (non-hydrogen) atoms. The summed E-state index contributed by atoms with van der Waals surface area (Å²) in [6.45, 7) is 4.13. The van der Waals surface area contributed by atoms with Crippen molar-refractivity contribution in [1.29, 1.82) is 0 Å². The molecule has 0 aromatic carbocycles. The summed E-state index contributed by atoms with van der Waals surface area (Å²) >= 11 is 0. The Labute approximate surface area is 78.4 Å². The van der Waals surface area contributed by atoms with E-state index >= 15 is 0 Å². The Morgan fingerprint density at radius 2 is 2.31 bits per heavy atom. The molecule has 2 atom stereocenters. The number of carbonyl (C=O) groups is 1. The van der Waals surface area contributed by atoms with E-state index in [1.165, 1.54) is 0 Å². The third-order valence-electron chi connectivity index (χ3n) is 1.99. The highest BCUT2D eigenvalue weighted by Gasteiger charge is 2.31. The second-order valence-corrected chi connectivity index (χ2v) is 3.55. The molecule has 1 aliphatic rings. The van der Waals surface area contributed by atoms with Gasteiger partial charge in [-0.25, -0.2) is 4.79 Å². The molecule has 0 amide bonds. The lowest BCUT2D eigenvalue weighted by atomic mass is 10.2. The highest BCUT2D eigenvalue weighted by molar-refractivity contribution is 5.75. The maximum Gasteiger partial charge on any atom is 0.335 e. The fraction of sp³-hybridized carbons (Fsp3) is 0.889. The molecule has 1 rings (SSSR count). The molecule has 0 radical (unpaired) electrons. The highest BCUT2D eigenvalue weighted by Crippen LogP contribution is 2.20. The number of rotatable bonds is 3. The zero-order valence-electron chi connectivity index (χ0n) is 8.16. The summed E-state index contributed by atoms with van der Waals surface area (Å²) in [6.07, 6.45) is 1.15. The zero-order valence-corrected chi connectivity index (χ0v) is 8.16. The standard InChI is InChI=1S/C9H17NO3/c1-6(2)12-9(11)8-4-3-7(5-10)13-8/h6-8H,3-5,10H2,1-2H3. The van der Waals surface area contributed by atoms with Crippen LogP contribution in [-0.2, 0) is 14.3 Å². The maximum atomic E-state index is 11.3. The van der Waals surface area contributed by atoms with E-state index in [1.807, 2.05) is 13.8 Å². The highest BCUT2D eigenvalue weighted by atomic mass is 16.6. The second-order valence-electron chi connectivity index (χ2n) is 3.55. The number of nitrogens with two attached hydrogens (primary N) is 1. The molecule has 1 aliphatic heterocycles. The van der Waals surface area contributed by atoms with E-state index in [2.05, 4.69) is 0 Å². The molecule has 0 aromatic heterocycles. The Balaban J connectivity index is 2.33. The molecule has 0 aromatic rings. The summed E-state index contributed by atoms with van der Waals surface area (Å²) in [4.78, 5) is 11.3. The molecule has 0 saturated carbocycles. The van der Waals surface area contributed by atoms with Crippen LogP contribution < -0.4 is 5.73 Å². The van der Waals surface area contributed by atoms with Crippen LogP contribution in [-0.4, -0.2) is 30.8 Å². The summed E-state index contributed by atoms with van der Waals surface area (Å²) in [6, 6.07) is 0. The molecule has 76 valence electrons. The molecule has 2 N–H and O–H groups in total. The summed E-state index contributed by atoms with van der Waals surface area (Å²) < 4.78 is 10.4. The minimum Gasteiger partial charge on any atom is -0.461 e. The Bertz CT molecular complexity index is 182. The molecule has 4 nitrogen and oxygen atoms in total. The van der Waals surface area contributed by atoms with E-state index in [9.17, 15) is 4.79 Å². The van der Waals surface area contributed by atoms with Crippen molar-refractivity contribution in [3.63, 3.8) is 0 Å². The molecule has 1 fully saturated rings. The van der Waals surface area contributed by atoms with Gasteiger partial charge in [-0.1, -0.05) is 0 Å². The summed E-state index contributed by atoms with van der Waals surface area (Å²) in [5.74, 6) is -0.258. The average Bonchev–Trinajstić information content (AvgIpc) is 2.50. The van der Waals surface area contributed by atoms with Gasteiger partial charge in [-0.05, 0) is 26.7 Å². The van der Waals surface area contributed by atoms with Crippen molar-refractivity contribution in [2.45, 2.75) is 45.0 Å². The van der Waals surface area contributed by atoms with Crippen LogP contribution in [0.5, 0.6) is 0 Å². The van der Waals surface area contributed by atoms with Gasteiger partial charge in [0.25, 0.3) is 0 Å². The first-order valence-electron chi connectivity index (χ1n) is 4.69. The monoisotopic (exact) mass is 187 g/mol. The van der Waals surface area contributed by atoms with Crippen LogP contribution in [0.3, 0.4) is 0 Å². The quantitative estimate of drug-likeness (QED) is 0.651. The third kappa shape index (κ3) is 2.97. The largest absolute Gasteiger partial charge is 0.461 e. The molecule has 0 aliphatic carbocycles. The lowest BCUT2D eigenvalue weighted by molar-refractivity contribution is -0.159. The number of carbonyl (C=O) groups excluding carboxylic acids is 1. The van der Waals surface area contributed by atoms with Crippen LogP contribution in [0.4, 0.5) is 0 Å². The molecule has 1 saturated heterocycles. The van der Waals surface area contributed by atoms with Crippen LogP contribution >= 0.6 is 0 Å². The minimum absolute atomic E-state index is 0.0321. The van der Waals surface area contributed by atoms with Gasteiger partial charge < -0.3 is 15.2 Å². The van der Waals surface area contributed by atoms with E-state index in [0.717, 1.165) is 12.8 Å². The third-order valence-corrected chi connectivity index (χ3v) is 1.99. The van der Waals surface area contributed by atoms with Gasteiger partial charge >= 0.3 is 5.97 Å². The van der Waals surface area contributed by atoms with Crippen molar-refractivity contribution < 1.29 is 14.3 Å². The van der Waals surface area contributed by atoms with Crippen LogP contribution in [0.25, 0.3) is 0 Å². The van der Waals surface area contributed by atoms with Crippen molar-refractivity contribution in [1.82, 2.24) is 0 Å². The Kier molecular flexibility index (Phi) is 3.69. The predicted molar refractivity (Wildman–Crippen MR) is 48.2 cm³/mol. The van der Waals surface area contributed by atoms with E-state index < -0.39 is 6.10 Å². The van der Waals surface area contributed by atoms with Crippen LogP contribution in [0.1, 0.15) is 26.7 Å². The minimum atomic E-state index is -0.393. The zero-order chi connectivity index (χ0) is 9.84. The lowest BCUT2D eigenvalue weighted by Gasteiger charge is -2.13. The van der Waals surface area contributed by atoms with Crippen molar-refractivity contribution in [3.05, 3.63) is 0 Å². The summed E-state index contributed by atoms with van der Waals surface area (Å²) in [5.41, 5.74) is 5.42. The van der Waals surface area contributed by atoms with Gasteiger partial charge in [0.1, 0.15) is 0 Å². The normalized spacial score (nSPS) is 28.0. The van der Waals surface area contributed by atoms with E-state index in [4.69, 9.17) is 15.2 Å².